The van der Waals surface area contributed by atoms with E-state index in [9.17, 15) is 18.0 Å². The zero-order chi connectivity index (χ0) is 28.0. The van der Waals surface area contributed by atoms with Gasteiger partial charge in [-0.25, -0.2) is 8.42 Å². The summed E-state index contributed by atoms with van der Waals surface area (Å²) in [7, 11) is -3.79. The number of rotatable bonds is 11. The van der Waals surface area contributed by atoms with Crippen molar-refractivity contribution in [3.05, 3.63) is 63.6 Å². The third-order valence-corrected chi connectivity index (χ3v) is 8.83. The number of nitrogens with zero attached hydrogens (tertiary/aromatic N) is 2. The van der Waals surface area contributed by atoms with Crippen molar-refractivity contribution in [3.63, 3.8) is 0 Å². The summed E-state index contributed by atoms with van der Waals surface area (Å²) in [6.45, 7) is 5.59. The number of halogens is 2. The molecule has 1 atom stereocenters. The van der Waals surface area contributed by atoms with E-state index in [0.717, 1.165) is 41.8 Å². The molecule has 1 N–H and O–H groups in total. The second kappa shape index (κ2) is 13.2. The Labute approximate surface area is 236 Å². The Morgan fingerprint density at radius 3 is 2.18 bits per heavy atom. The van der Waals surface area contributed by atoms with Gasteiger partial charge in [-0.05, 0) is 60.6 Å². The molecule has 0 heterocycles. The number of sulfonamides is 1. The second-order valence-electron chi connectivity index (χ2n) is 10.2. The van der Waals surface area contributed by atoms with Crippen LogP contribution in [-0.4, -0.2) is 50.0 Å². The van der Waals surface area contributed by atoms with E-state index in [2.05, 4.69) is 19.2 Å². The van der Waals surface area contributed by atoms with E-state index in [0.29, 0.717) is 27.7 Å². The topological polar surface area (TPSA) is 86.8 Å². The van der Waals surface area contributed by atoms with Crippen molar-refractivity contribution >= 4 is 50.7 Å². The molecule has 2 aromatic carbocycles. The molecular formula is C28H37Cl2N3O4S. The first-order chi connectivity index (χ1) is 17.9. The summed E-state index contributed by atoms with van der Waals surface area (Å²) < 4.78 is 26.7. The molecule has 0 unspecified atom stereocenters. The Morgan fingerprint density at radius 1 is 1.03 bits per heavy atom. The van der Waals surface area contributed by atoms with E-state index in [-0.39, 0.29) is 24.4 Å². The Morgan fingerprint density at radius 2 is 1.66 bits per heavy atom. The smallest absolute Gasteiger partial charge is 0.244 e. The number of carbonyl (C=O) groups is 2. The minimum Gasteiger partial charge on any atom is -0.352 e. The highest BCUT2D eigenvalue weighted by atomic mass is 35.5. The number of benzene rings is 2. The van der Waals surface area contributed by atoms with Crippen LogP contribution in [0, 0.1) is 0 Å². The number of amides is 2. The van der Waals surface area contributed by atoms with Gasteiger partial charge in [-0.3, -0.25) is 13.9 Å². The van der Waals surface area contributed by atoms with Crippen molar-refractivity contribution in [3.8, 4) is 0 Å². The quantitative estimate of drug-likeness (QED) is 0.366. The van der Waals surface area contributed by atoms with Crippen LogP contribution in [0.1, 0.15) is 69.9 Å². The number of hydrogen-bond acceptors (Lipinski definition) is 4. The van der Waals surface area contributed by atoms with Gasteiger partial charge in [-0.1, -0.05) is 75.0 Å². The van der Waals surface area contributed by atoms with Gasteiger partial charge in [0.05, 0.1) is 22.0 Å². The second-order valence-corrected chi connectivity index (χ2v) is 12.9. The number of anilines is 1. The minimum atomic E-state index is -3.79. The van der Waals surface area contributed by atoms with Gasteiger partial charge in [0.2, 0.25) is 21.8 Å². The third-order valence-electron chi connectivity index (χ3n) is 6.95. The normalized spacial score (nSPS) is 14.9. The van der Waals surface area contributed by atoms with Crippen molar-refractivity contribution in [2.75, 3.05) is 17.1 Å². The standard InChI is InChI=1S/C28H37Cl2N3O4S/c1-5-26(28(35)31-22-8-6-7-9-22)32(17-20-10-15-24(29)25(30)16-20)27(34)18-33(38(4,36)37)23-13-11-21(12-14-23)19(2)3/h10-16,19,22,26H,5-9,17-18H2,1-4H3,(H,31,35)/t26-/m1/s1. The van der Waals surface area contributed by atoms with Crippen molar-refractivity contribution in [1.29, 1.82) is 0 Å². The molecule has 1 fully saturated rings. The Kier molecular flexibility index (Phi) is 10.5. The molecule has 1 aliphatic carbocycles. The van der Waals surface area contributed by atoms with Gasteiger partial charge in [-0.15, -0.1) is 0 Å². The van der Waals surface area contributed by atoms with E-state index < -0.39 is 28.5 Å². The average molecular weight is 583 g/mol. The summed E-state index contributed by atoms with van der Waals surface area (Å²) in [5, 5.41) is 3.81. The fourth-order valence-corrected chi connectivity index (χ4v) is 5.93. The molecule has 0 spiro atoms. The lowest BCUT2D eigenvalue weighted by Crippen LogP contribution is -2.53. The molecule has 10 heteroatoms. The van der Waals surface area contributed by atoms with E-state index in [1.54, 1.807) is 30.3 Å². The molecule has 7 nitrogen and oxygen atoms in total. The van der Waals surface area contributed by atoms with Crippen molar-refractivity contribution in [1.82, 2.24) is 10.2 Å². The average Bonchev–Trinajstić information content (AvgIpc) is 3.36. The van der Waals surface area contributed by atoms with Gasteiger partial charge in [0.15, 0.2) is 0 Å². The molecule has 0 aliphatic heterocycles. The monoisotopic (exact) mass is 581 g/mol. The SMILES string of the molecule is CC[C@H](C(=O)NC1CCCC1)N(Cc1ccc(Cl)c(Cl)c1)C(=O)CN(c1ccc(C(C)C)cc1)S(C)(=O)=O. The predicted octanol–water partition coefficient (Wildman–Crippen LogP) is 5.75. The fourth-order valence-electron chi connectivity index (χ4n) is 4.76. The maximum Gasteiger partial charge on any atom is 0.244 e. The molecule has 1 saturated carbocycles. The van der Waals surface area contributed by atoms with Crippen LogP contribution in [0.5, 0.6) is 0 Å². The Balaban J connectivity index is 1.93. The number of hydrogen-bond donors (Lipinski definition) is 1. The van der Waals surface area contributed by atoms with Crippen LogP contribution in [0.25, 0.3) is 0 Å². The van der Waals surface area contributed by atoms with Gasteiger partial charge in [0.25, 0.3) is 0 Å². The minimum absolute atomic E-state index is 0.0796. The maximum absolute atomic E-state index is 13.8. The van der Waals surface area contributed by atoms with E-state index in [1.165, 1.54) is 4.90 Å². The molecular weight excluding hydrogens is 545 g/mol. The van der Waals surface area contributed by atoms with Gasteiger partial charge in [-0.2, -0.15) is 0 Å². The summed E-state index contributed by atoms with van der Waals surface area (Å²) in [4.78, 5) is 28.6. The highest BCUT2D eigenvalue weighted by Gasteiger charge is 2.33. The molecule has 38 heavy (non-hydrogen) atoms. The molecule has 0 bridgehead atoms. The zero-order valence-corrected chi connectivity index (χ0v) is 24.7. The fraction of sp³-hybridized carbons (Fsp3) is 0.500. The van der Waals surface area contributed by atoms with Gasteiger partial charge < -0.3 is 10.2 Å². The summed E-state index contributed by atoms with van der Waals surface area (Å²) in [6, 6.07) is 11.5. The van der Waals surface area contributed by atoms with E-state index in [4.69, 9.17) is 23.2 Å². The Hall–Kier alpha value is -2.29. The molecule has 3 rings (SSSR count). The highest BCUT2D eigenvalue weighted by Crippen LogP contribution is 2.26. The van der Waals surface area contributed by atoms with Crippen LogP contribution in [0.4, 0.5) is 5.69 Å². The number of carbonyl (C=O) groups excluding carboxylic acids is 2. The molecule has 0 radical (unpaired) electrons. The summed E-state index contributed by atoms with van der Waals surface area (Å²) in [5.41, 5.74) is 2.14. The first-order valence-electron chi connectivity index (χ1n) is 13.0. The molecule has 208 valence electrons. The molecule has 0 aromatic heterocycles. The molecule has 1 aliphatic rings. The highest BCUT2D eigenvalue weighted by molar-refractivity contribution is 7.92. The molecule has 2 amide bonds. The van der Waals surface area contributed by atoms with E-state index in [1.807, 2.05) is 19.1 Å². The lowest BCUT2D eigenvalue weighted by atomic mass is 10.0. The van der Waals surface area contributed by atoms with Crippen LogP contribution >= 0.6 is 23.2 Å². The van der Waals surface area contributed by atoms with Crippen molar-refractivity contribution in [2.45, 2.75) is 77.4 Å². The maximum atomic E-state index is 13.8. The van der Waals surface area contributed by atoms with Crippen LogP contribution in [0.2, 0.25) is 10.0 Å². The van der Waals surface area contributed by atoms with Crippen molar-refractivity contribution < 1.29 is 18.0 Å². The van der Waals surface area contributed by atoms with Crippen LogP contribution < -0.4 is 9.62 Å². The van der Waals surface area contributed by atoms with Gasteiger partial charge in [0.1, 0.15) is 12.6 Å². The zero-order valence-electron chi connectivity index (χ0n) is 22.4. The lowest BCUT2D eigenvalue weighted by molar-refractivity contribution is -0.140. The summed E-state index contributed by atoms with van der Waals surface area (Å²) >= 11 is 12.3. The van der Waals surface area contributed by atoms with E-state index >= 15 is 0 Å². The number of nitrogens with one attached hydrogen (secondary N) is 1. The first kappa shape index (κ1) is 30.3. The van der Waals surface area contributed by atoms with Crippen LogP contribution in [-0.2, 0) is 26.2 Å². The molecule has 0 saturated heterocycles. The van der Waals surface area contributed by atoms with Crippen LogP contribution in [0.3, 0.4) is 0 Å². The van der Waals surface area contributed by atoms with Crippen LogP contribution in [0.15, 0.2) is 42.5 Å². The third kappa shape index (κ3) is 7.87. The van der Waals surface area contributed by atoms with Gasteiger partial charge >= 0.3 is 0 Å². The molecule has 2 aromatic rings. The van der Waals surface area contributed by atoms with Crippen molar-refractivity contribution in [2.24, 2.45) is 0 Å². The summed E-state index contributed by atoms with van der Waals surface area (Å²) in [6.07, 6.45) is 5.39. The predicted molar refractivity (Wildman–Crippen MR) is 154 cm³/mol. The Bertz CT molecular complexity index is 1230. The first-order valence-corrected chi connectivity index (χ1v) is 15.6. The largest absolute Gasteiger partial charge is 0.352 e. The summed E-state index contributed by atoms with van der Waals surface area (Å²) in [5.74, 6) is -0.439. The van der Waals surface area contributed by atoms with Gasteiger partial charge in [0, 0.05) is 12.6 Å². The lowest BCUT2D eigenvalue weighted by Gasteiger charge is -2.33.